The van der Waals surface area contributed by atoms with E-state index < -0.39 is 0 Å². The van der Waals surface area contributed by atoms with Crippen molar-refractivity contribution in [2.24, 2.45) is 0 Å². The van der Waals surface area contributed by atoms with Crippen LogP contribution in [0.3, 0.4) is 0 Å². The fraction of sp³-hybridized carbons (Fsp3) is 0. The number of thiazole rings is 1. The van der Waals surface area contributed by atoms with Crippen LogP contribution in [0.15, 0.2) is 75.9 Å². The maximum absolute atomic E-state index is 9.62. The molecule has 0 aliphatic heterocycles. The monoisotopic (exact) mass is 454 g/mol. The van der Waals surface area contributed by atoms with Crippen LogP contribution in [0.25, 0.3) is 44.1 Å². The van der Waals surface area contributed by atoms with Gasteiger partial charge in [-0.1, -0.05) is 53.8 Å². The van der Waals surface area contributed by atoms with Gasteiger partial charge in [0.1, 0.15) is 22.7 Å². The van der Waals surface area contributed by atoms with Crippen LogP contribution in [0.5, 0.6) is 0 Å². The first-order valence-corrected chi connectivity index (χ1v) is 10.7. The zero-order valence-electron chi connectivity index (χ0n) is 17.3. The summed E-state index contributed by atoms with van der Waals surface area (Å²) >= 11 is 1.27. The molecular weight excluding hydrogens is 444 g/mol. The van der Waals surface area contributed by atoms with E-state index in [1.807, 2.05) is 48.5 Å². The Morgan fingerprint density at radius 3 is 2.21 bits per heavy atom. The first-order valence-electron chi connectivity index (χ1n) is 9.89. The van der Waals surface area contributed by atoms with Gasteiger partial charge in [0.2, 0.25) is 5.89 Å². The number of oxazole rings is 1. The molecule has 0 saturated carbocycles. The van der Waals surface area contributed by atoms with Crippen LogP contribution in [0.4, 0.5) is 0 Å². The smallest absolute Gasteiger partial charge is 0.270 e. The van der Waals surface area contributed by atoms with Gasteiger partial charge in [0.25, 0.3) is 11.4 Å². The third-order valence-electron chi connectivity index (χ3n) is 5.21. The Hall–Kier alpha value is -5.28. The van der Waals surface area contributed by atoms with Crippen LogP contribution in [-0.2, 0) is 0 Å². The van der Waals surface area contributed by atoms with E-state index in [-0.39, 0.29) is 11.3 Å². The number of hydrogen-bond donors (Lipinski definition) is 0. The lowest BCUT2D eigenvalue weighted by Gasteiger charge is -2.04. The molecular formula is C26H10N6OS. The van der Waals surface area contributed by atoms with Crippen molar-refractivity contribution in [2.75, 3.05) is 0 Å². The molecule has 0 fully saturated rings. The number of benzene rings is 2. The molecule has 1 aliphatic rings. The van der Waals surface area contributed by atoms with Gasteiger partial charge in [0.15, 0.2) is 4.83 Å². The van der Waals surface area contributed by atoms with Gasteiger partial charge >= 0.3 is 0 Å². The van der Waals surface area contributed by atoms with Crippen molar-refractivity contribution in [2.45, 2.75) is 0 Å². The Kier molecular flexibility index (Phi) is 5.05. The fourth-order valence-electron chi connectivity index (χ4n) is 3.82. The Morgan fingerprint density at radius 2 is 1.59 bits per heavy atom. The summed E-state index contributed by atoms with van der Waals surface area (Å²) in [5.74, 6) is 0.457. The van der Waals surface area contributed by atoms with Crippen LogP contribution in [0, 0.1) is 40.6 Å². The molecule has 2 aromatic heterocycles. The summed E-state index contributed by atoms with van der Waals surface area (Å²) in [6.07, 6.45) is 1.67. The first kappa shape index (κ1) is 20.6. The zero-order chi connectivity index (χ0) is 23.7. The summed E-state index contributed by atoms with van der Waals surface area (Å²) in [4.78, 5) is 13.0. The molecule has 8 heteroatoms. The quantitative estimate of drug-likeness (QED) is 0.271. The molecule has 34 heavy (non-hydrogen) atoms. The van der Waals surface area contributed by atoms with Gasteiger partial charge in [-0.25, -0.2) is 10.1 Å². The minimum absolute atomic E-state index is 0.110. The molecule has 0 bridgehead atoms. The van der Waals surface area contributed by atoms with Crippen molar-refractivity contribution in [1.82, 2.24) is 9.97 Å². The molecule has 0 amide bonds. The van der Waals surface area contributed by atoms with Crippen molar-refractivity contribution in [1.29, 1.82) is 15.8 Å². The van der Waals surface area contributed by atoms with Gasteiger partial charge in [-0.15, -0.1) is 0 Å². The van der Waals surface area contributed by atoms with Crippen molar-refractivity contribution >= 4 is 39.1 Å². The Balaban J connectivity index is 1.73. The molecule has 1 aliphatic carbocycles. The minimum Gasteiger partial charge on any atom is -0.417 e. The van der Waals surface area contributed by atoms with Gasteiger partial charge in [-0.2, -0.15) is 20.5 Å². The molecule has 0 saturated heterocycles. The molecule has 0 atom stereocenters. The number of hydrogen-bond acceptors (Lipinski definition) is 7. The Morgan fingerprint density at radius 1 is 0.912 bits per heavy atom. The van der Waals surface area contributed by atoms with Crippen LogP contribution in [0.2, 0.25) is 0 Å². The van der Waals surface area contributed by atoms with E-state index in [1.165, 1.54) is 11.3 Å². The predicted molar refractivity (Wildman–Crippen MR) is 127 cm³/mol. The largest absolute Gasteiger partial charge is 0.417 e. The Bertz CT molecular complexity index is 1610. The van der Waals surface area contributed by atoms with Crippen molar-refractivity contribution in [3.05, 3.63) is 99.0 Å². The SMILES string of the molecule is [C-]#[N+]/C(C#N)=C1\C(=C/c2nc3oc(-c4ccccc4)nc3s2)C(=C(C#N)C#N)c2ccccc21. The van der Waals surface area contributed by atoms with Gasteiger partial charge in [-0.3, -0.25) is 0 Å². The minimum atomic E-state index is -0.131. The second-order valence-electron chi connectivity index (χ2n) is 7.07. The maximum atomic E-state index is 9.62. The first-order chi connectivity index (χ1) is 16.7. The number of allylic oxidation sites excluding steroid dienone is 5. The molecule has 4 aromatic rings. The molecule has 0 N–H and O–H groups in total. The average molecular weight is 454 g/mol. The van der Waals surface area contributed by atoms with Crippen molar-refractivity contribution < 1.29 is 4.42 Å². The molecule has 2 aromatic carbocycles. The maximum Gasteiger partial charge on any atom is 0.270 e. The summed E-state index contributed by atoms with van der Waals surface area (Å²) in [5.41, 5.74) is 3.34. The summed E-state index contributed by atoms with van der Waals surface area (Å²) in [7, 11) is 0. The highest BCUT2D eigenvalue weighted by molar-refractivity contribution is 7.18. The standard InChI is InChI=1S/C26H10N6OS/c1-30-20(14-29)23-18-10-6-5-9-17(18)22(16(12-27)13-28)19(23)11-21-31-25-26(34-21)32-24(33-25)15-7-3-2-4-8-15/h2-11H/b19-11-,23-20-. The van der Waals surface area contributed by atoms with Crippen LogP contribution in [0.1, 0.15) is 16.1 Å². The number of nitriles is 3. The van der Waals surface area contributed by atoms with E-state index in [4.69, 9.17) is 11.0 Å². The molecule has 0 unspecified atom stereocenters. The van der Waals surface area contributed by atoms with Gasteiger partial charge in [0, 0.05) is 16.7 Å². The van der Waals surface area contributed by atoms with E-state index in [0.717, 1.165) is 5.56 Å². The molecule has 5 rings (SSSR count). The normalized spacial score (nSPS) is 14.7. The van der Waals surface area contributed by atoms with Gasteiger partial charge in [0.05, 0.1) is 12.6 Å². The van der Waals surface area contributed by atoms with E-state index in [0.29, 0.717) is 49.3 Å². The fourth-order valence-corrected chi connectivity index (χ4v) is 4.63. The van der Waals surface area contributed by atoms with E-state index >= 15 is 0 Å². The van der Waals surface area contributed by atoms with Crippen LogP contribution >= 0.6 is 11.3 Å². The highest BCUT2D eigenvalue weighted by Gasteiger charge is 2.32. The van der Waals surface area contributed by atoms with Crippen molar-refractivity contribution in [3.8, 4) is 29.7 Å². The lowest BCUT2D eigenvalue weighted by molar-refractivity contribution is 0.608. The number of rotatable bonds is 2. The number of fused-ring (bicyclic) bond motifs is 2. The topological polar surface area (TPSA) is 115 Å². The third-order valence-corrected chi connectivity index (χ3v) is 6.09. The predicted octanol–water partition coefficient (Wildman–Crippen LogP) is 6.00. The lowest BCUT2D eigenvalue weighted by atomic mass is 9.98. The second kappa shape index (κ2) is 8.34. The second-order valence-corrected chi connectivity index (χ2v) is 8.08. The van der Waals surface area contributed by atoms with E-state index in [2.05, 4.69) is 14.8 Å². The number of nitrogens with zero attached hydrogens (tertiary/aromatic N) is 6. The van der Waals surface area contributed by atoms with E-state index in [9.17, 15) is 15.8 Å². The van der Waals surface area contributed by atoms with Gasteiger partial charge < -0.3 is 4.42 Å². The van der Waals surface area contributed by atoms with Crippen LogP contribution < -0.4 is 0 Å². The average Bonchev–Trinajstić information content (AvgIpc) is 3.53. The summed E-state index contributed by atoms with van der Waals surface area (Å²) in [5, 5.41) is 29.4. The lowest BCUT2D eigenvalue weighted by Crippen LogP contribution is -1.89. The highest BCUT2D eigenvalue weighted by Crippen LogP contribution is 2.49. The highest BCUT2D eigenvalue weighted by atomic mass is 32.1. The molecule has 156 valence electrons. The summed E-state index contributed by atoms with van der Waals surface area (Å²) in [6, 6.07) is 22.4. The summed E-state index contributed by atoms with van der Waals surface area (Å²) in [6.45, 7) is 7.50. The Labute approximate surface area is 197 Å². The molecule has 0 radical (unpaired) electrons. The van der Waals surface area contributed by atoms with Crippen molar-refractivity contribution in [3.63, 3.8) is 0 Å². The number of aromatic nitrogens is 2. The van der Waals surface area contributed by atoms with Crippen LogP contribution in [-0.4, -0.2) is 9.97 Å². The van der Waals surface area contributed by atoms with E-state index in [1.54, 1.807) is 30.3 Å². The zero-order valence-corrected chi connectivity index (χ0v) is 18.1. The third kappa shape index (κ3) is 3.25. The molecule has 2 heterocycles. The molecule has 0 spiro atoms. The summed E-state index contributed by atoms with van der Waals surface area (Å²) < 4.78 is 5.82. The molecule has 7 nitrogen and oxygen atoms in total. The van der Waals surface area contributed by atoms with Gasteiger partial charge in [-0.05, 0) is 34.9 Å².